The second-order valence-electron chi connectivity index (χ2n) is 7.53. The number of anilines is 2. The van der Waals surface area contributed by atoms with E-state index in [1.165, 1.54) is 18.9 Å². The molecule has 31 heavy (non-hydrogen) atoms. The number of halogens is 1. The summed E-state index contributed by atoms with van der Waals surface area (Å²) in [5.41, 5.74) is 2.35. The molecule has 0 bridgehead atoms. The molecule has 0 spiro atoms. The topological polar surface area (TPSA) is 88.1 Å². The van der Waals surface area contributed by atoms with E-state index < -0.39 is 9.84 Å². The van der Waals surface area contributed by atoms with Crippen molar-refractivity contribution in [2.45, 2.75) is 18.2 Å². The Morgan fingerprint density at radius 2 is 2.10 bits per heavy atom. The van der Waals surface area contributed by atoms with E-state index >= 15 is 0 Å². The van der Waals surface area contributed by atoms with Crippen LogP contribution in [0.1, 0.15) is 5.56 Å². The molecule has 0 aromatic heterocycles. The van der Waals surface area contributed by atoms with Gasteiger partial charge in [0.1, 0.15) is 12.3 Å². The maximum absolute atomic E-state index is 13.0. The fourth-order valence-electron chi connectivity index (χ4n) is 3.65. The third kappa shape index (κ3) is 4.99. The fraction of sp³-hybridized carbons (Fsp3) is 0.333. The highest BCUT2D eigenvalue weighted by Crippen LogP contribution is 2.37. The molecule has 1 amide bonds. The third-order valence-corrected chi connectivity index (χ3v) is 8.57. The van der Waals surface area contributed by atoms with E-state index in [0.29, 0.717) is 21.6 Å². The number of hydrogen-bond acceptors (Lipinski definition) is 7. The van der Waals surface area contributed by atoms with Crippen LogP contribution in [-0.4, -0.2) is 55.9 Å². The number of carbonyl (C=O) groups excluding carboxylic acids is 1. The van der Waals surface area contributed by atoms with Gasteiger partial charge in [0, 0.05) is 16.0 Å². The van der Waals surface area contributed by atoms with Gasteiger partial charge in [-0.3, -0.25) is 9.79 Å². The molecule has 7 nitrogen and oxygen atoms in total. The van der Waals surface area contributed by atoms with Crippen LogP contribution in [0.5, 0.6) is 5.75 Å². The Balaban J connectivity index is 1.59. The van der Waals surface area contributed by atoms with E-state index in [2.05, 4.69) is 10.3 Å². The Hall–Kier alpha value is -2.23. The number of sulfone groups is 1. The van der Waals surface area contributed by atoms with E-state index in [9.17, 15) is 13.2 Å². The average Bonchev–Trinajstić information content (AvgIpc) is 3.19. The Kier molecular flexibility index (Phi) is 6.18. The number of amides is 1. The molecule has 2 aliphatic rings. The fourth-order valence-corrected chi connectivity index (χ4v) is 7.60. The molecule has 2 unspecified atom stereocenters. The number of nitrogens with zero attached hydrogens (tertiary/aromatic N) is 2. The summed E-state index contributed by atoms with van der Waals surface area (Å²) in [5, 5.41) is 3.88. The van der Waals surface area contributed by atoms with Crippen LogP contribution in [0.15, 0.2) is 47.5 Å². The maximum atomic E-state index is 13.0. The molecule has 1 N–H and O–H groups in total. The smallest absolute Gasteiger partial charge is 0.244 e. The van der Waals surface area contributed by atoms with Gasteiger partial charge in [-0.05, 0) is 42.8 Å². The van der Waals surface area contributed by atoms with Gasteiger partial charge >= 0.3 is 0 Å². The number of aryl methyl sites for hydroxylation is 1. The van der Waals surface area contributed by atoms with Crippen molar-refractivity contribution in [3.8, 4) is 5.75 Å². The molecule has 1 saturated heterocycles. The standard InChI is InChI=1S/C21H22ClN3O4S2/c1-13-4-3-5-15(8-13)25(21-24-17-11-31(27,28)12-19(17)30-21)10-20(26)23-16-9-14(22)6-7-18(16)29-2/h3-9,17,19H,10-12H2,1-2H3,(H,23,26). The summed E-state index contributed by atoms with van der Waals surface area (Å²) in [6.07, 6.45) is 0. The largest absolute Gasteiger partial charge is 0.495 e. The normalized spacial score (nSPS) is 21.3. The predicted molar refractivity (Wildman–Crippen MR) is 126 cm³/mol. The summed E-state index contributed by atoms with van der Waals surface area (Å²) >= 11 is 7.49. The number of thioether (sulfide) groups is 1. The SMILES string of the molecule is COc1ccc(Cl)cc1NC(=O)CN(C1=NC2CS(=O)(=O)CC2S1)c1cccc(C)c1. The monoisotopic (exact) mass is 479 g/mol. The molecular formula is C21H22ClN3O4S2. The Labute approximate surface area is 190 Å². The lowest BCUT2D eigenvalue weighted by molar-refractivity contribution is -0.114. The first-order valence-electron chi connectivity index (χ1n) is 9.66. The lowest BCUT2D eigenvalue weighted by Crippen LogP contribution is -2.36. The molecule has 2 atom stereocenters. The van der Waals surface area contributed by atoms with Gasteiger partial charge in [-0.1, -0.05) is 35.5 Å². The molecule has 0 radical (unpaired) electrons. The zero-order valence-electron chi connectivity index (χ0n) is 17.0. The third-order valence-electron chi connectivity index (χ3n) is 5.09. The molecule has 10 heteroatoms. The van der Waals surface area contributed by atoms with Crippen LogP contribution >= 0.6 is 23.4 Å². The average molecular weight is 480 g/mol. The van der Waals surface area contributed by atoms with Crippen molar-refractivity contribution in [2.24, 2.45) is 4.99 Å². The van der Waals surface area contributed by atoms with Crippen molar-refractivity contribution in [3.63, 3.8) is 0 Å². The first kappa shape index (κ1) is 22.0. The van der Waals surface area contributed by atoms with Crippen molar-refractivity contribution in [3.05, 3.63) is 53.1 Å². The van der Waals surface area contributed by atoms with E-state index in [1.807, 2.05) is 36.1 Å². The Bertz CT molecular complexity index is 1150. The summed E-state index contributed by atoms with van der Waals surface area (Å²) in [5.74, 6) is 0.409. The zero-order valence-corrected chi connectivity index (χ0v) is 19.4. The molecule has 2 aliphatic heterocycles. The number of carbonyl (C=O) groups is 1. The van der Waals surface area contributed by atoms with Gasteiger partial charge in [-0.25, -0.2) is 8.42 Å². The number of benzene rings is 2. The minimum atomic E-state index is -3.05. The minimum Gasteiger partial charge on any atom is -0.495 e. The van der Waals surface area contributed by atoms with Crippen LogP contribution in [0, 0.1) is 6.92 Å². The molecule has 1 fully saturated rings. The van der Waals surface area contributed by atoms with Gasteiger partial charge in [0.15, 0.2) is 15.0 Å². The van der Waals surface area contributed by atoms with E-state index in [4.69, 9.17) is 16.3 Å². The van der Waals surface area contributed by atoms with Gasteiger partial charge < -0.3 is 15.0 Å². The lowest BCUT2D eigenvalue weighted by atomic mass is 10.2. The number of hydrogen-bond donors (Lipinski definition) is 1. The van der Waals surface area contributed by atoms with Crippen molar-refractivity contribution in [1.29, 1.82) is 0 Å². The number of aliphatic imine (C=N–C) groups is 1. The molecule has 4 rings (SSSR count). The van der Waals surface area contributed by atoms with Crippen molar-refractivity contribution in [1.82, 2.24) is 0 Å². The van der Waals surface area contributed by atoms with Gasteiger partial charge in [0.2, 0.25) is 5.91 Å². The quantitative estimate of drug-likeness (QED) is 0.707. The Morgan fingerprint density at radius 1 is 1.29 bits per heavy atom. The van der Waals surface area contributed by atoms with E-state index in [1.54, 1.807) is 18.2 Å². The lowest BCUT2D eigenvalue weighted by Gasteiger charge is -2.24. The molecule has 0 saturated carbocycles. The van der Waals surface area contributed by atoms with Crippen LogP contribution in [0.2, 0.25) is 5.02 Å². The number of amidine groups is 1. The van der Waals surface area contributed by atoms with Crippen molar-refractivity contribution in [2.75, 3.05) is 35.4 Å². The summed E-state index contributed by atoms with van der Waals surface area (Å²) in [7, 11) is -1.53. The number of ether oxygens (including phenoxy) is 1. The van der Waals surface area contributed by atoms with Gasteiger partial charge in [-0.15, -0.1) is 0 Å². The van der Waals surface area contributed by atoms with E-state index in [-0.39, 0.29) is 35.2 Å². The second-order valence-corrected chi connectivity index (χ2v) is 11.3. The molecule has 0 aliphatic carbocycles. The first-order valence-corrected chi connectivity index (χ1v) is 12.7. The molecule has 2 aromatic rings. The number of rotatable bonds is 5. The van der Waals surface area contributed by atoms with Gasteiger partial charge in [-0.2, -0.15) is 0 Å². The molecule has 2 heterocycles. The first-order chi connectivity index (χ1) is 14.7. The van der Waals surface area contributed by atoms with E-state index in [0.717, 1.165) is 11.3 Å². The summed E-state index contributed by atoms with van der Waals surface area (Å²) < 4.78 is 29.1. The Morgan fingerprint density at radius 3 is 2.81 bits per heavy atom. The number of nitrogens with one attached hydrogen (secondary N) is 1. The summed E-state index contributed by atoms with van der Waals surface area (Å²) in [4.78, 5) is 19.4. The molecular weight excluding hydrogens is 458 g/mol. The highest BCUT2D eigenvalue weighted by atomic mass is 35.5. The van der Waals surface area contributed by atoms with Crippen LogP contribution < -0.4 is 15.0 Å². The summed E-state index contributed by atoms with van der Waals surface area (Å²) in [6, 6.07) is 12.5. The second kappa shape index (κ2) is 8.72. The molecule has 164 valence electrons. The predicted octanol–water partition coefficient (Wildman–Crippen LogP) is 3.37. The van der Waals surface area contributed by atoms with Crippen LogP contribution in [0.4, 0.5) is 11.4 Å². The summed E-state index contributed by atoms with van der Waals surface area (Å²) in [6.45, 7) is 1.99. The number of methoxy groups -OCH3 is 1. The number of fused-ring (bicyclic) bond motifs is 1. The maximum Gasteiger partial charge on any atom is 0.244 e. The van der Waals surface area contributed by atoms with Crippen molar-refractivity contribution >= 4 is 55.6 Å². The molecule has 2 aromatic carbocycles. The van der Waals surface area contributed by atoms with Crippen LogP contribution in [-0.2, 0) is 14.6 Å². The highest BCUT2D eigenvalue weighted by molar-refractivity contribution is 8.15. The van der Waals surface area contributed by atoms with Crippen LogP contribution in [0.25, 0.3) is 0 Å². The zero-order chi connectivity index (χ0) is 22.2. The minimum absolute atomic E-state index is 0.0111. The van der Waals surface area contributed by atoms with Gasteiger partial charge in [0.25, 0.3) is 0 Å². The van der Waals surface area contributed by atoms with Crippen molar-refractivity contribution < 1.29 is 17.9 Å². The van der Waals surface area contributed by atoms with Gasteiger partial charge in [0.05, 0.1) is 30.3 Å². The van der Waals surface area contributed by atoms with Crippen LogP contribution in [0.3, 0.4) is 0 Å². The highest BCUT2D eigenvalue weighted by Gasteiger charge is 2.44.